The van der Waals surface area contributed by atoms with E-state index in [1.807, 2.05) is 19.0 Å². The lowest BCUT2D eigenvalue weighted by atomic mass is 10.2. The highest BCUT2D eigenvalue weighted by molar-refractivity contribution is 5.93. The fourth-order valence-corrected chi connectivity index (χ4v) is 0.956. The quantitative estimate of drug-likeness (QED) is 0.492. The fraction of sp³-hybridized carbons (Fsp3) is 0.625. The molecule has 1 aliphatic heterocycles. The van der Waals surface area contributed by atoms with Gasteiger partial charge in [-0.3, -0.25) is 4.99 Å². The molecule has 0 aliphatic carbocycles. The number of hydrogen-bond acceptors (Lipinski definition) is 2. The van der Waals surface area contributed by atoms with Crippen LogP contribution in [-0.2, 0) is 0 Å². The van der Waals surface area contributed by atoms with Crippen LogP contribution in [0, 0.1) is 0 Å². The predicted molar refractivity (Wildman–Crippen MR) is 44.3 cm³/mol. The molecule has 1 aliphatic rings. The van der Waals surface area contributed by atoms with Gasteiger partial charge in [-0.25, -0.2) is 0 Å². The van der Waals surface area contributed by atoms with Crippen molar-refractivity contribution in [2.75, 3.05) is 14.1 Å². The zero-order valence-corrected chi connectivity index (χ0v) is 6.83. The summed E-state index contributed by atoms with van der Waals surface area (Å²) >= 11 is 0. The second-order valence-corrected chi connectivity index (χ2v) is 2.87. The summed E-state index contributed by atoms with van der Waals surface area (Å²) in [5.74, 6) is 1.08. The largest absolute Gasteiger partial charge is 0.363 e. The molecule has 0 bridgehead atoms. The molecule has 0 aromatic rings. The molecule has 0 saturated carbocycles. The number of nitrogens with zero attached hydrogens (tertiary/aromatic N) is 2. The third-order valence-corrected chi connectivity index (χ3v) is 1.55. The van der Waals surface area contributed by atoms with Crippen LogP contribution in [0.2, 0.25) is 0 Å². The molecule has 56 valence electrons. The molecule has 1 atom stereocenters. The van der Waals surface area contributed by atoms with Crippen LogP contribution >= 0.6 is 0 Å². The van der Waals surface area contributed by atoms with E-state index in [1.54, 1.807) is 0 Å². The number of dihydropyridines is 1. The van der Waals surface area contributed by atoms with E-state index in [0.29, 0.717) is 6.04 Å². The third kappa shape index (κ3) is 1.59. The molecule has 2 heteroatoms. The molecule has 2 nitrogen and oxygen atoms in total. The van der Waals surface area contributed by atoms with E-state index in [4.69, 9.17) is 0 Å². The lowest BCUT2D eigenvalue weighted by molar-refractivity contribution is 0.604. The van der Waals surface area contributed by atoms with Crippen molar-refractivity contribution in [3.8, 4) is 0 Å². The summed E-state index contributed by atoms with van der Waals surface area (Å²) in [5.41, 5.74) is 0. The SMILES string of the molecule is CC1CC=CC(N(C)C)=N1. The molecule has 1 unspecified atom stereocenters. The Morgan fingerprint density at radius 1 is 1.60 bits per heavy atom. The first-order chi connectivity index (χ1) is 4.70. The Morgan fingerprint density at radius 3 is 2.70 bits per heavy atom. The maximum absolute atomic E-state index is 4.44. The average molecular weight is 138 g/mol. The number of likely N-dealkylation sites (N-methyl/N-ethyl adjacent to an activating group) is 1. The van der Waals surface area contributed by atoms with Crippen LogP contribution in [0.5, 0.6) is 0 Å². The normalized spacial score (nSPS) is 24.3. The summed E-state index contributed by atoms with van der Waals surface area (Å²) in [6.45, 7) is 2.13. The van der Waals surface area contributed by atoms with E-state index in [9.17, 15) is 0 Å². The highest BCUT2D eigenvalue weighted by atomic mass is 15.1. The van der Waals surface area contributed by atoms with E-state index in [0.717, 1.165) is 12.3 Å². The van der Waals surface area contributed by atoms with Gasteiger partial charge in [0.15, 0.2) is 0 Å². The topological polar surface area (TPSA) is 15.6 Å². The number of aliphatic imine (C=N–C) groups is 1. The highest BCUT2D eigenvalue weighted by Gasteiger charge is 2.05. The minimum Gasteiger partial charge on any atom is -0.363 e. The molecule has 0 aromatic heterocycles. The van der Waals surface area contributed by atoms with Crippen molar-refractivity contribution in [3.05, 3.63) is 12.2 Å². The molecule has 0 N–H and O–H groups in total. The minimum absolute atomic E-state index is 0.461. The van der Waals surface area contributed by atoms with E-state index in [2.05, 4.69) is 24.1 Å². The van der Waals surface area contributed by atoms with E-state index >= 15 is 0 Å². The Kier molecular flexibility index (Phi) is 2.10. The van der Waals surface area contributed by atoms with Gasteiger partial charge in [-0.15, -0.1) is 0 Å². The number of amidine groups is 1. The number of rotatable bonds is 0. The Balaban J connectivity index is 2.66. The van der Waals surface area contributed by atoms with Crippen LogP contribution in [0.15, 0.2) is 17.1 Å². The minimum atomic E-state index is 0.461. The first-order valence-corrected chi connectivity index (χ1v) is 3.62. The van der Waals surface area contributed by atoms with Crippen LogP contribution in [0.25, 0.3) is 0 Å². The molecular weight excluding hydrogens is 124 g/mol. The fourth-order valence-electron chi connectivity index (χ4n) is 0.956. The van der Waals surface area contributed by atoms with Gasteiger partial charge in [0.25, 0.3) is 0 Å². The van der Waals surface area contributed by atoms with Crippen molar-refractivity contribution in [3.63, 3.8) is 0 Å². The van der Waals surface area contributed by atoms with Gasteiger partial charge in [-0.1, -0.05) is 6.08 Å². The zero-order valence-electron chi connectivity index (χ0n) is 6.83. The summed E-state index contributed by atoms with van der Waals surface area (Å²) in [5, 5.41) is 0. The van der Waals surface area contributed by atoms with Crippen LogP contribution in [0.4, 0.5) is 0 Å². The lowest BCUT2D eigenvalue weighted by Crippen LogP contribution is -2.23. The van der Waals surface area contributed by atoms with Gasteiger partial charge in [0.2, 0.25) is 0 Å². The summed E-state index contributed by atoms with van der Waals surface area (Å²) < 4.78 is 0. The van der Waals surface area contributed by atoms with Gasteiger partial charge in [0.05, 0.1) is 6.04 Å². The monoisotopic (exact) mass is 138 g/mol. The van der Waals surface area contributed by atoms with Crippen molar-refractivity contribution < 1.29 is 0 Å². The average Bonchev–Trinajstić information content (AvgIpc) is 1.88. The van der Waals surface area contributed by atoms with Crippen molar-refractivity contribution in [2.24, 2.45) is 4.99 Å². The summed E-state index contributed by atoms with van der Waals surface area (Å²) in [6, 6.07) is 0.461. The smallest absolute Gasteiger partial charge is 0.122 e. The van der Waals surface area contributed by atoms with Crippen molar-refractivity contribution in [1.29, 1.82) is 0 Å². The molecule has 1 rings (SSSR count). The lowest BCUT2D eigenvalue weighted by Gasteiger charge is -2.17. The molecule has 0 spiro atoms. The predicted octanol–water partition coefficient (Wildman–Crippen LogP) is 1.29. The summed E-state index contributed by atoms with van der Waals surface area (Å²) in [7, 11) is 4.03. The van der Waals surface area contributed by atoms with E-state index < -0.39 is 0 Å². The summed E-state index contributed by atoms with van der Waals surface area (Å²) in [4.78, 5) is 6.47. The molecule has 1 heterocycles. The molecular formula is C8H14N2. The standard InChI is InChI=1S/C8H14N2/c1-7-5-4-6-8(9-7)10(2)3/h4,6-7H,5H2,1-3H3. The van der Waals surface area contributed by atoms with Gasteiger partial charge in [0, 0.05) is 14.1 Å². The molecule has 10 heavy (non-hydrogen) atoms. The Labute approximate surface area is 62.3 Å². The second-order valence-electron chi connectivity index (χ2n) is 2.87. The molecule has 0 aromatic carbocycles. The van der Waals surface area contributed by atoms with E-state index in [1.165, 1.54) is 0 Å². The van der Waals surface area contributed by atoms with Crippen molar-refractivity contribution >= 4 is 5.84 Å². The van der Waals surface area contributed by atoms with Gasteiger partial charge in [-0.2, -0.15) is 0 Å². The first kappa shape index (κ1) is 7.32. The van der Waals surface area contributed by atoms with Crippen molar-refractivity contribution in [1.82, 2.24) is 4.90 Å². The number of hydrogen-bond donors (Lipinski definition) is 0. The van der Waals surface area contributed by atoms with Crippen LogP contribution < -0.4 is 0 Å². The van der Waals surface area contributed by atoms with Gasteiger partial charge < -0.3 is 4.90 Å². The van der Waals surface area contributed by atoms with Gasteiger partial charge in [0.1, 0.15) is 5.84 Å². The maximum Gasteiger partial charge on any atom is 0.122 e. The van der Waals surface area contributed by atoms with Crippen LogP contribution in [0.1, 0.15) is 13.3 Å². The van der Waals surface area contributed by atoms with Gasteiger partial charge >= 0.3 is 0 Å². The molecule has 0 amide bonds. The van der Waals surface area contributed by atoms with Crippen molar-refractivity contribution in [2.45, 2.75) is 19.4 Å². The molecule has 0 radical (unpaired) electrons. The molecule has 0 saturated heterocycles. The first-order valence-electron chi connectivity index (χ1n) is 3.62. The Bertz CT molecular complexity index is 168. The van der Waals surface area contributed by atoms with E-state index in [-0.39, 0.29) is 0 Å². The van der Waals surface area contributed by atoms with Crippen LogP contribution in [-0.4, -0.2) is 30.9 Å². The Hall–Kier alpha value is -0.790. The third-order valence-electron chi connectivity index (χ3n) is 1.55. The second kappa shape index (κ2) is 2.86. The van der Waals surface area contributed by atoms with Crippen LogP contribution in [0.3, 0.4) is 0 Å². The zero-order chi connectivity index (χ0) is 7.56. The van der Waals surface area contributed by atoms with Gasteiger partial charge in [-0.05, 0) is 19.4 Å². The Morgan fingerprint density at radius 2 is 2.30 bits per heavy atom. The maximum atomic E-state index is 4.44. The summed E-state index contributed by atoms with van der Waals surface area (Å²) in [6.07, 6.45) is 5.32. The molecule has 0 fully saturated rings. The highest BCUT2D eigenvalue weighted by Crippen LogP contribution is 2.06.